The van der Waals surface area contributed by atoms with Crippen molar-refractivity contribution in [3.05, 3.63) is 34.9 Å². The molecule has 18 heavy (non-hydrogen) atoms. The van der Waals surface area contributed by atoms with Crippen molar-refractivity contribution in [2.75, 3.05) is 0 Å². The highest BCUT2D eigenvalue weighted by molar-refractivity contribution is 5.44. The Morgan fingerprint density at radius 2 is 1.78 bits per heavy atom. The molecule has 0 aromatic heterocycles. The van der Waals surface area contributed by atoms with E-state index in [-0.39, 0.29) is 0 Å². The van der Waals surface area contributed by atoms with Crippen LogP contribution in [0.3, 0.4) is 0 Å². The van der Waals surface area contributed by atoms with E-state index >= 15 is 0 Å². The first kappa shape index (κ1) is 12.3. The van der Waals surface area contributed by atoms with E-state index in [1.54, 1.807) is 16.7 Å². The number of benzene rings is 1. The maximum absolute atomic E-state index is 2.38. The maximum atomic E-state index is 2.38. The van der Waals surface area contributed by atoms with Crippen LogP contribution in [-0.4, -0.2) is 0 Å². The van der Waals surface area contributed by atoms with Gasteiger partial charge in [-0.25, -0.2) is 0 Å². The van der Waals surface area contributed by atoms with Gasteiger partial charge in [0.2, 0.25) is 0 Å². The van der Waals surface area contributed by atoms with Crippen molar-refractivity contribution in [1.29, 1.82) is 0 Å². The van der Waals surface area contributed by atoms with Gasteiger partial charge in [-0.1, -0.05) is 51.8 Å². The fraction of sp³-hybridized carbons (Fsp3) is 0.667. The Kier molecular flexibility index (Phi) is 3.00. The smallest absolute Gasteiger partial charge is 0.0128 e. The highest BCUT2D eigenvalue weighted by atomic mass is 14.4. The quantitative estimate of drug-likeness (QED) is 0.586. The molecular formula is C18H26. The zero-order chi connectivity index (χ0) is 12.8. The standard InChI is InChI=1S/C18H26/c1-18(2,3)16-10-6-8-14-12-11-13-7-4-5-9-15(13)17(14)16/h6,8,10,13,15H,4-5,7,9,11-12H2,1-3H3. The molecule has 0 heteroatoms. The molecule has 1 aromatic rings. The summed E-state index contributed by atoms with van der Waals surface area (Å²) in [5, 5.41) is 0. The van der Waals surface area contributed by atoms with E-state index in [2.05, 4.69) is 39.0 Å². The van der Waals surface area contributed by atoms with Crippen LogP contribution in [0.15, 0.2) is 18.2 Å². The number of hydrogen-bond acceptors (Lipinski definition) is 0. The minimum atomic E-state index is 0.296. The molecule has 1 saturated carbocycles. The molecule has 98 valence electrons. The van der Waals surface area contributed by atoms with Crippen molar-refractivity contribution < 1.29 is 0 Å². The summed E-state index contributed by atoms with van der Waals surface area (Å²) in [6.45, 7) is 7.11. The van der Waals surface area contributed by atoms with Crippen LogP contribution < -0.4 is 0 Å². The number of fused-ring (bicyclic) bond motifs is 3. The first-order valence-corrected chi connectivity index (χ1v) is 7.69. The Hall–Kier alpha value is -0.780. The van der Waals surface area contributed by atoms with E-state index in [0.717, 1.165) is 11.8 Å². The molecule has 0 radical (unpaired) electrons. The molecule has 1 fully saturated rings. The summed E-state index contributed by atoms with van der Waals surface area (Å²) in [6, 6.07) is 7.05. The summed E-state index contributed by atoms with van der Waals surface area (Å²) in [5.41, 5.74) is 5.33. The fourth-order valence-electron chi connectivity index (χ4n) is 4.20. The number of aryl methyl sites for hydroxylation is 1. The number of hydrogen-bond donors (Lipinski definition) is 0. The first-order valence-electron chi connectivity index (χ1n) is 7.69. The lowest BCUT2D eigenvalue weighted by atomic mass is 9.64. The molecule has 0 N–H and O–H groups in total. The van der Waals surface area contributed by atoms with Gasteiger partial charge in [0.25, 0.3) is 0 Å². The molecule has 0 amide bonds. The van der Waals surface area contributed by atoms with Gasteiger partial charge in [0, 0.05) is 0 Å². The topological polar surface area (TPSA) is 0 Å². The maximum Gasteiger partial charge on any atom is -0.0128 e. The molecule has 2 unspecified atom stereocenters. The van der Waals surface area contributed by atoms with E-state index in [1.807, 2.05) is 0 Å². The molecule has 3 rings (SSSR count). The van der Waals surface area contributed by atoms with Crippen LogP contribution in [0.25, 0.3) is 0 Å². The molecule has 2 aliphatic rings. The average Bonchev–Trinajstić information content (AvgIpc) is 2.36. The van der Waals surface area contributed by atoms with Gasteiger partial charge in [-0.15, -0.1) is 0 Å². The van der Waals surface area contributed by atoms with Crippen molar-refractivity contribution >= 4 is 0 Å². The number of rotatable bonds is 0. The molecule has 0 nitrogen and oxygen atoms in total. The third-order valence-corrected chi connectivity index (χ3v) is 5.07. The summed E-state index contributed by atoms with van der Waals surface area (Å²) in [7, 11) is 0. The van der Waals surface area contributed by atoms with Crippen molar-refractivity contribution in [1.82, 2.24) is 0 Å². The molecule has 0 aliphatic heterocycles. The van der Waals surface area contributed by atoms with Gasteiger partial charge in [0.15, 0.2) is 0 Å². The largest absolute Gasteiger partial charge is 0.0617 e. The minimum absolute atomic E-state index is 0.296. The average molecular weight is 242 g/mol. The predicted octanol–water partition coefficient (Wildman–Crippen LogP) is 5.20. The Bertz CT molecular complexity index is 436. The minimum Gasteiger partial charge on any atom is -0.0617 e. The summed E-state index contributed by atoms with van der Waals surface area (Å²) in [4.78, 5) is 0. The molecule has 2 aliphatic carbocycles. The van der Waals surface area contributed by atoms with Crippen LogP contribution in [0, 0.1) is 5.92 Å². The summed E-state index contributed by atoms with van der Waals surface area (Å²) >= 11 is 0. The van der Waals surface area contributed by atoms with E-state index in [9.17, 15) is 0 Å². The lowest BCUT2D eigenvalue weighted by Crippen LogP contribution is -2.28. The summed E-state index contributed by atoms with van der Waals surface area (Å²) in [5.74, 6) is 1.85. The van der Waals surface area contributed by atoms with Crippen LogP contribution in [0.5, 0.6) is 0 Å². The van der Waals surface area contributed by atoms with Gasteiger partial charge in [0.05, 0.1) is 0 Å². The van der Waals surface area contributed by atoms with Crippen molar-refractivity contribution in [2.24, 2.45) is 5.92 Å². The molecular weight excluding hydrogens is 216 g/mol. The second-order valence-corrected chi connectivity index (χ2v) is 7.32. The molecule has 0 saturated heterocycles. The fourth-order valence-corrected chi connectivity index (χ4v) is 4.20. The van der Waals surface area contributed by atoms with Crippen LogP contribution in [0.2, 0.25) is 0 Å². The van der Waals surface area contributed by atoms with Crippen molar-refractivity contribution in [2.45, 2.75) is 70.6 Å². The zero-order valence-electron chi connectivity index (χ0n) is 12.1. The van der Waals surface area contributed by atoms with Crippen LogP contribution in [0.4, 0.5) is 0 Å². The molecule has 2 atom stereocenters. The Balaban J connectivity index is 2.10. The molecule has 0 spiro atoms. The van der Waals surface area contributed by atoms with Crippen molar-refractivity contribution in [3.8, 4) is 0 Å². The van der Waals surface area contributed by atoms with Crippen molar-refractivity contribution in [3.63, 3.8) is 0 Å². The Labute approximate surface area is 112 Å². The molecule has 0 heterocycles. The summed E-state index contributed by atoms with van der Waals surface area (Å²) < 4.78 is 0. The van der Waals surface area contributed by atoms with E-state index in [1.165, 1.54) is 38.5 Å². The lowest BCUT2D eigenvalue weighted by molar-refractivity contribution is 0.272. The van der Waals surface area contributed by atoms with Gasteiger partial charge in [-0.2, -0.15) is 0 Å². The lowest BCUT2D eigenvalue weighted by Gasteiger charge is -2.40. The van der Waals surface area contributed by atoms with Gasteiger partial charge in [-0.3, -0.25) is 0 Å². The third kappa shape index (κ3) is 2.00. The Morgan fingerprint density at radius 1 is 1.00 bits per heavy atom. The SMILES string of the molecule is CC(C)(C)c1cccc2c1C1CCCCC1CC2. The van der Waals surface area contributed by atoms with Crippen LogP contribution in [0.1, 0.15) is 75.5 Å². The van der Waals surface area contributed by atoms with Gasteiger partial charge >= 0.3 is 0 Å². The highest BCUT2D eigenvalue weighted by Gasteiger charge is 2.34. The third-order valence-electron chi connectivity index (χ3n) is 5.07. The Morgan fingerprint density at radius 3 is 2.56 bits per heavy atom. The van der Waals surface area contributed by atoms with E-state index in [0.29, 0.717) is 5.41 Å². The monoisotopic (exact) mass is 242 g/mol. The zero-order valence-corrected chi connectivity index (χ0v) is 12.1. The van der Waals surface area contributed by atoms with Gasteiger partial charge < -0.3 is 0 Å². The predicted molar refractivity (Wildman–Crippen MR) is 78.2 cm³/mol. The van der Waals surface area contributed by atoms with Gasteiger partial charge in [0.1, 0.15) is 0 Å². The highest BCUT2D eigenvalue weighted by Crippen LogP contribution is 2.48. The van der Waals surface area contributed by atoms with Gasteiger partial charge in [-0.05, 0) is 59.6 Å². The summed E-state index contributed by atoms with van der Waals surface area (Å²) in [6.07, 6.45) is 8.58. The second-order valence-electron chi connectivity index (χ2n) is 7.32. The normalized spacial score (nSPS) is 27.5. The molecule has 1 aromatic carbocycles. The molecule has 0 bridgehead atoms. The first-order chi connectivity index (χ1) is 8.57. The van der Waals surface area contributed by atoms with E-state index < -0.39 is 0 Å². The van der Waals surface area contributed by atoms with E-state index in [4.69, 9.17) is 0 Å². The second kappa shape index (κ2) is 4.40. The van der Waals surface area contributed by atoms with Crippen LogP contribution in [-0.2, 0) is 11.8 Å². The van der Waals surface area contributed by atoms with Crippen LogP contribution >= 0.6 is 0 Å².